The molecular weight excluding hydrogens is 77.9 g/mol. The van der Waals surface area contributed by atoms with E-state index in [-0.39, 0.29) is 44.3 Å². The van der Waals surface area contributed by atoms with Crippen LogP contribution in [0.1, 0.15) is 0 Å². The SMILES string of the molecule is C=C([CH2-])C[O-].[Li+].[Li+]. The van der Waals surface area contributed by atoms with Gasteiger partial charge in [0.1, 0.15) is 0 Å². The van der Waals surface area contributed by atoms with Gasteiger partial charge in [-0.2, -0.15) is 0 Å². The standard InChI is InChI=1S/C4H6O.2Li/c1-4(2)3-5;;/h1-3H2;;/q-2;2*+1. The van der Waals surface area contributed by atoms with Crippen LogP contribution in [-0.2, 0) is 0 Å². The summed E-state index contributed by atoms with van der Waals surface area (Å²) in [6.07, 6.45) is 0. The molecule has 0 N–H and O–H groups in total. The molecule has 0 saturated carbocycles. The van der Waals surface area contributed by atoms with Crippen LogP contribution in [0.3, 0.4) is 0 Å². The second kappa shape index (κ2) is 9.90. The van der Waals surface area contributed by atoms with E-state index < -0.39 is 0 Å². The van der Waals surface area contributed by atoms with E-state index in [0.717, 1.165) is 0 Å². The Labute approximate surface area is 68.5 Å². The molecule has 0 heterocycles. The number of rotatable bonds is 1. The Morgan fingerprint density at radius 3 is 1.71 bits per heavy atom. The van der Waals surface area contributed by atoms with Crippen molar-refractivity contribution in [2.45, 2.75) is 0 Å². The van der Waals surface area contributed by atoms with Crippen molar-refractivity contribution in [3.8, 4) is 0 Å². The molecule has 7 heavy (non-hydrogen) atoms. The van der Waals surface area contributed by atoms with E-state index >= 15 is 0 Å². The van der Waals surface area contributed by atoms with Crippen LogP contribution >= 0.6 is 0 Å². The molecule has 3 heteroatoms. The Morgan fingerprint density at radius 1 is 1.57 bits per heavy atom. The summed E-state index contributed by atoms with van der Waals surface area (Å²) >= 11 is 0. The molecule has 0 aromatic heterocycles. The van der Waals surface area contributed by atoms with Crippen molar-refractivity contribution in [1.82, 2.24) is 0 Å². The molecule has 0 aliphatic carbocycles. The summed E-state index contributed by atoms with van der Waals surface area (Å²) in [6.45, 7) is 6.25. The molecule has 0 amide bonds. The maximum atomic E-state index is 9.47. The Balaban J connectivity index is -0.0000000800. The zero-order valence-electron chi connectivity index (χ0n) is 5.03. The van der Waals surface area contributed by atoms with E-state index in [1.165, 1.54) is 0 Å². The molecule has 0 aromatic carbocycles. The molecule has 0 rings (SSSR count). The molecule has 0 aliphatic rings. The second-order valence-corrected chi connectivity index (χ2v) is 0.894. The van der Waals surface area contributed by atoms with Gasteiger partial charge >= 0.3 is 37.7 Å². The average Bonchev–Trinajstić information content (AvgIpc) is 1.38. The zero-order valence-corrected chi connectivity index (χ0v) is 5.03. The Hall–Kier alpha value is 0.765. The molecule has 0 fully saturated rings. The van der Waals surface area contributed by atoms with Crippen molar-refractivity contribution in [3.63, 3.8) is 0 Å². The summed E-state index contributed by atoms with van der Waals surface area (Å²) in [5, 5.41) is 9.47. The van der Waals surface area contributed by atoms with E-state index in [9.17, 15) is 5.11 Å². The van der Waals surface area contributed by atoms with Crippen LogP contribution in [0, 0.1) is 6.92 Å². The quantitative estimate of drug-likeness (QED) is 0.229. The summed E-state index contributed by atoms with van der Waals surface area (Å²) in [4.78, 5) is 0. The van der Waals surface area contributed by atoms with E-state index in [0.29, 0.717) is 5.57 Å². The van der Waals surface area contributed by atoms with Gasteiger partial charge in [-0.05, 0) is 0 Å². The summed E-state index contributed by atoms with van der Waals surface area (Å²) in [5.74, 6) is 0. The second-order valence-electron chi connectivity index (χ2n) is 0.894. The first kappa shape index (κ1) is 15.7. The first-order valence-corrected chi connectivity index (χ1v) is 1.35. The van der Waals surface area contributed by atoms with Gasteiger partial charge in [-0.1, -0.05) is 0 Å². The molecule has 0 aliphatic heterocycles. The van der Waals surface area contributed by atoms with Crippen LogP contribution in [0.15, 0.2) is 12.2 Å². The summed E-state index contributed by atoms with van der Waals surface area (Å²) in [7, 11) is 0. The molecule has 30 valence electrons. The third kappa shape index (κ3) is 20.1. The van der Waals surface area contributed by atoms with Gasteiger partial charge in [-0.25, -0.2) is 19.1 Å². The molecule has 0 atom stereocenters. The minimum Gasteiger partial charge on any atom is -0.853 e. The molecule has 0 unspecified atom stereocenters. The topological polar surface area (TPSA) is 23.1 Å². The van der Waals surface area contributed by atoms with Crippen molar-refractivity contribution in [3.05, 3.63) is 19.1 Å². The van der Waals surface area contributed by atoms with E-state index in [1.807, 2.05) is 0 Å². The molecule has 0 saturated heterocycles. The largest absolute Gasteiger partial charge is 1.00 e. The summed E-state index contributed by atoms with van der Waals surface area (Å²) in [5.41, 5.74) is 0.449. The van der Waals surface area contributed by atoms with Crippen molar-refractivity contribution < 1.29 is 42.8 Å². The van der Waals surface area contributed by atoms with E-state index in [1.54, 1.807) is 0 Å². The van der Waals surface area contributed by atoms with Gasteiger partial charge in [0.2, 0.25) is 0 Å². The third-order valence-electron chi connectivity index (χ3n) is 0.204. The molecule has 0 aromatic rings. The monoisotopic (exact) mass is 84.1 g/mol. The van der Waals surface area contributed by atoms with Crippen LogP contribution in [0.5, 0.6) is 0 Å². The van der Waals surface area contributed by atoms with Gasteiger partial charge in [0.05, 0.1) is 0 Å². The number of hydrogen-bond acceptors (Lipinski definition) is 1. The Morgan fingerprint density at radius 2 is 1.71 bits per heavy atom. The summed E-state index contributed by atoms with van der Waals surface area (Å²) in [6, 6.07) is 0. The van der Waals surface area contributed by atoms with E-state index in [2.05, 4.69) is 13.5 Å². The molecule has 0 spiro atoms. The molecule has 0 radical (unpaired) electrons. The first-order valence-electron chi connectivity index (χ1n) is 1.35. The van der Waals surface area contributed by atoms with Crippen LogP contribution < -0.4 is 42.8 Å². The van der Waals surface area contributed by atoms with Crippen molar-refractivity contribution >= 4 is 0 Å². The predicted molar refractivity (Wildman–Crippen MR) is 19.4 cm³/mol. The molecule has 0 bridgehead atoms. The average molecular weight is 84.0 g/mol. The smallest absolute Gasteiger partial charge is 0.853 e. The van der Waals surface area contributed by atoms with Crippen molar-refractivity contribution in [2.24, 2.45) is 0 Å². The normalized spacial score (nSPS) is 5.29. The Bertz CT molecular complexity index is 45.0. The first-order chi connectivity index (χ1) is 2.27. The third-order valence-corrected chi connectivity index (χ3v) is 0.204. The molecular formula is C4H6Li2O. The number of hydrogen-bond donors (Lipinski definition) is 0. The maximum Gasteiger partial charge on any atom is 1.00 e. The summed E-state index contributed by atoms with van der Waals surface area (Å²) < 4.78 is 0. The van der Waals surface area contributed by atoms with Crippen molar-refractivity contribution in [2.75, 3.05) is 6.61 Å². The minimum absolute atomic E-state index is 0. The van der Waals surface area contributed by atoms with Gasteiger partial charge in [0.25, 0.3) is 0 Å². The van der Waals surface area contributed by atoms with Gasteiger partial charge in [-0.15, -0.1) is 6.61 Å². The minimum atomic E-state index is -0.250. The molecule has 1 nitrogen and oxygen atoms in total. The van der Waals surface area contributed by atoms with Gasteiger partial charge in [0, 0.05) is 0 Å². The fourth-order valence-corrected chi connectivity index (χ4v) is 0. The fourth-order valence-electron chi connectivity index (χ4n) is 0. The van der Waals surface area contributed by atoms with Crippen LogP contribution in [0.25, 0.3) is 0 Å². The Kier molecular flexibility index (Phi) is 22.1. The fraction of sp³-hybridized carbons (Fsp3) is 0.250. The van der Waals surface area contributed by atoms with Gasteiger partial charge in [-0.3, -0.25) is 0 Å². The van der Waals surface area contributed by atoms with Crippen LogP contribution in [0.2, 0.25) is 0 Å². The van der Waals surface area contributed by atoms with Gasteiger partial charge in [0.15, 0.2) is 0 Å². The van der Waals surface area contributed by atoms with Gasteiger partial charge < -0.3 is 5.11 Å². The predicted octanol–water partition coefficient (Wildman–Crippen LogP) is -6.26. The zero-order chi connectivity index (χ0) is 4.28. The maximum absolute atomic E-state index is 9.47. The van der Waals surface area contributed by atoms with E-state index in [4.69, 9.17) is 0 Å². The van der Waals surface area contributed by atoms with Crippen molar-refractivity contribution in [1.29, 1.82) is 0 Å². The van der Waals surface area contributed by atoms with Crippen LogP contribution in [-0.4, -0.2) is 6.61 Å². The van der Waals surface area contributed by atoms with Crippen LogP contribution in [0.4, 0.5) is 0 Å².